The Morgan fingerprint density at radius 3 is 2.19 bits per heavy atom. The summed E-state index contributed by atoms with van der Waals surface area (Å²) < 4.78 is 65.8. The first kappa shape index (κ1) is 22.0. The molecule has 1 heterocycles. The summed E-state index contributed by atoms with van der Waals surface area (Å²) in [5, 5.41) is 10.7. The van der Waals surface area contributed by atoms with Crippen LogP contribution in [0.3, 0.4) is 0 Å². The number of alkyl halides is 3. The van der Waals surface area contributed by atoms with Gasteiger partial charge in [-0.2, -0.15) is 13.2 Å². The number of imidazole rings is 1. The highest BCUT2D eigenvalue weighted by Gasteiger charge is 2.30. The van der Waals surface area contributed by atoms with Crippen molar-refractivity contribution in [2.75, 3.05) is 0 Å². The van der Waals surface area contributed by atoms with E-state index in [0.29, 0.717) is 11.0 Å². The minimum Gasteiger partial charge on any atom is -0.387 e. The third kappa shape index (κ3) is 4.53. The van der Waals surface area contributed by atoms with Gasteiger partial charge in [0.15, 0.2) is 9.84 Å². The van der Waals surface area contributed by atoms with E-state index in [0.717, 1.165) is 12.1 Å². The van der Waals surface area contributed by atoms with Crippen LogP contribution >= 0.6 is 0 Å². The Kier molecular flexibility index (Phi) is 5.79. The molecule has 0 amide bonds. The second-order valence-corrected chi connectivity index (χ2v) is 9.32. The Bertz CT molecular complexity index is 1330. The average molecular weight is 460 g/mol. The molecule has 0 radical (unpaired) electrons. The SMILES string of the molecule is O=S(=O)(Cc1nc2ccccc2n1CC(O)c1ccc(C(F)(F)F)cc1)c1ccccc1. The van der Waals surface area contributed by atoms with Gasteiger partial charge in [0.05, 0.1) is 34.1 Å². The van der Waals surface area contributed by atoms with Gasteiger partial charge < -0.3 is 9.67 Å². The van der Waals surface area contributed by atoms with Gasteiger partial charge in [-0.1, -0.05) is 42.5 Å². The third-order valence-electron chi connectivity index (χ3n) is 5.13. The van der Waals surface area contributed by atoms with Crippen LogP contribution in [0.15, 0.2) is 83.8 Å². The maximum atomic E-state index is 12.9. The Labute approximate surface area is 182 Å². The van der Waals surface area contributed by atoms with Crippen molar-refractivity contribution in [3.05, 3.63) is 95.8 Å². The summed E-state index contributed by atoms with van der Waals surface area (Å²) in [5.41, 5.74) is 0.658. The van der Waals surface area contributed by atoms with E-state index in [4.69, 9.17) is 0 Å². The number of aliphatic hydroxyl groups is 1. The zero-order valence-corrected chi connectivity index (χ0v) is 17.5. The van der Waals surface area contributed by atoms with Crippen molar-refractivity contribution in [1.29, 1.82) is 0 Å². The third-order valence-corrected chi connectivity index (χ3v) is 6.76. The highest BCUT2D eigenvalue weighted by atomic mass is 32.2. The molecule has 0 saturated carbocycles. The van der Waals surface area contributed by atoms with Crippen molar-refractivity contribution in [3.8, 4) is 0 Å². The van der Waals surface area contributed by atoms with Gasteiger partial charge in [-0.25, -0.2) is 13.4 Å². The van der Waals surface area contributed by atoms with Crippen molar-refractivity contribution >= 4 is 20.9 Å². The number of sulfone groups is 1. The Morgan fingerprint density at radius 1 is 0.906 bits per heavy atom. The largest absolute Gasteiger partial charge is 0.416 e. The first-order valence-electron chi connectivity index (χ1n) is 9.72. The van der Waals surface area contributed by atoms with E-state index in [1.807, 2.05) is 0 Å². The van der Waals surface area contributed by atoms with E-state index in [-0.39, 0.29) is 28.6 Å². The maximum Gasteiger partial charge on any atom is 0.416 e. The van der Waals surface area contributed by atoms with E-state index in [1.54, 1.807) is 47.0 Å². The first-order chi connectivity index (χ1) is 15.1. The van der Waals surface area contributed by atoms with Gasteiger partial charge in [0.25, 0.3) is 0 Å². The number of nitrogens with zero attached hydrogens (tertiary/aromatic N) is 2. The molecule has 0 aliphatic heterocycles. The van der Waals surface area contributed by atoms with E-state index in [2.05, 4.69) is 4.98 Å². The van der Waals surface area contributed by atoms with Crippen LogP contribution in [-0.4, -0.2) is 23.1 Å². The van der Waals surface area contributed by atoms with Crippen LogP contribution in [0.1, 0.15) is 23.1 Å². The van der Waals surface area contributed by atoms with Crippen LogP contribution in [0, 0.1) is 0 Å². The van der Waals surface area contributed by atoms with E-state index in [1.165, 1.54) is 24.3 Å². The number of aliphatic hydroxyl groups excluding tert-OH is 1. The normalized spacial score (nSPS) is 13.4. The number of hydrogen-bond donors (Lipinski definition) is 1. The van der Waals surface area contributed by atoms with Crippen molar-refractivity contribution in [2.45, 2.75) is 29.5 Å². The smallest absolute Gasteiger partial charge is 0.387 e. The summed E-state index contributed by atoms with van der Waals surface area (Å²) in [6.07, 6.45) is -5.63. The van der Waals surface area contributed by atoms with Crippen molar-refractivity contribution in [1.82, 2.24) is 9.55 Å². The lowest BCUT2D eigenvalue weighted by Gasteiger charge is -2.16. The standard InChI is InChI=1S/C23H19F3N2O3S/c24-23(25,26)17-12-10-16(11-13-17)21(29)14-28-20-9-5-4-8-19(20)27-22(28)15-32(30,31)18-6-2-1-3-7-18/h1-13,21,29H,14-15H2. The van der Waals surface area contributed by atoms with Gasteiger partial charge in [-0.05, 0) is 42.0 Å². The van der Waals surface area contributed by atoms with Crippen molar-refractivity contribution in [3.63, 3.8) is 0 Å². The lowest BCUT2D eigenvalue weighted by molar-refractivity contribution is -0.137. The molecule has 4 aromatic rings. The number of para-hydroxylation sites is 2. The van der Waals surface area contributed by atoms with Crippen LogP contribution in [-0.2, 0) is 28.3 Å². The Balaban J connectivity index is 1.68. The zero-order valence-electron chi connectivity index (χ0n) is 16.7. The molecule has 9 heteroatoms. The molecule has 32 heavy (non-hydrogen) atoms. The van der Waals surface area contributed by atoms with Crippen LogP contribution in [0.2, 0.25) is 0 Å². The average Bonchev–Trinajstić information content (AvgIpc) is 3.10. The van der Waals surface area contributed by atoms with Crippen LogP contribution in [0.4, 0.5) is 13.2 Å². The molecular weight excluding hydrogens is 441 g/mol. The number of fused-ring (bicyclic) bond motifs is 1. The number of rotatable bonds is 6. The maximum absolute atomic E-state index is 12.9. The summed E-state index contributed by atoms with van der Waals surface area (Å²) in [5.74, 6) is -0.146. The second-order valence-electron chi connectivity index (χ2n) is 7.34. The fraction of sp³-hybridized carbons (Fsp3) is 0.174. The van der Waals surface area contributed by atoms with Crippen LogP contribution < -0.4 is 0 Å². The van der Waals surface area contributed by atoms with E-state index in [9.17, 15) is 26.7 Å². The summed E-state index contributed by atoms with van der Waals surface area (Å²) in [4.78, 5) is 4.59. The second kappa shape index (κ2) is 8.40. The summed E-state index contributed by atoms with van der Waals surface area (Å²) in [6, 6.07) is 19.2. The molecule has 3 aromatic carbocycles. The minimum absolute atomic E-state index is 0.0640. The summed E-state index contributed by atoms with van der Waals surface area (Å²) in [7, 11) is -3.70. The van der Waals surface area contributed by atoms with Gasteiger partial charge in [0.1, 0.15) is 11.6 Å². The van der Waals surface area contributed by atoms with Gasteiger partial charge >= 0.3 is 6.18 Å². The fourth-order valence-corrected chi connectivity index (χ4v) is 4.79. The molecule has 1 N–H and O–H groups in total. The molecule has 1 aromatic heterocycles. The summed E-state index contributed by atoms with van der Waals surface area (Å²) in [6.45, 7) is -0.0640. The number of aromatic nitrogens is 2. The minimum atomic E-state index is -4.47. The predicted octanol–water partition coefficient (Wildman–Crippen LogP) is 4.76. The molecule has 1 unspecified atom stereocenters. The van der Waals surface area contributed by atoms with Gasteiger partial charge in [-0.3, -0.25) is 0 Å². The molecular formula is C23H19F3N2O3S. The highest BCUT2D eigenvalue weighted by molar-refractivity contribution is 7.90. The molecule has 0 aliphatic rings. The van der Waals surface area contributed by atoms with Crippen molar-refractivity contribution in [2.24, 2.45) is 0 Å². The number of halogens is 3. The van der Waals surface area contributed by atoms with Gasteiger partial charge in [-0.15, -0.1) is 0 Å². The molecule has 0 fully saturated rings. The van der Waals surface area contributed by atoms with Crippen LogP contribution in [0.25, 0.3) is 11.0 Å². The van der Waals surface area contributed by atoms with E-state index >= 15 is 0 Å². The molecule has 0 saturated heterocycles. The number of hydrogen-bond acceptors (Lipinski definition) is 4. The monoisotopic (exact) mass is 460 g/mol. The quantitative estimate of drug-likeness (QED) is 0.450. The molecule has 0 bridgehead atoms. The first-order valence-corrected chi connectivity index (χ1v) is 11.4. The van der Waals surface area contributed by atoms with E-state index < -0.39 is 27.7 Å². The number of benzene rings is 3. The summed E-state index contributed by atoms with van der Waals surface area (Å²) >= 11 is 0. The lowest BCUT2D eigenvalue weighted by atomic mass is 10.1. The highest BCUT2D eigenvalue weighted by Crippen LogP contribution is 2.30. The zero-order chi connectivity index (χ0) is 22.9. The predicted molar refractivity (Wildman–Crippen MR) is 113 cm³/mol. The van der Waals surface area contributed by atoms with Gasteiger partial charge in [0.2, 0.25) is 0 Å². The van der Waals surface area contributed by atoms with Crippen molar-refractivity contribution < 1.29 is 26.7 Å². The molecule has 166 valence electrons. The van der Waals surface area contributed by atoms with Crippen LogP contribution in [0.5, 0.6) is 0 Å². The fourth-order valence-electron chi connectivity index (χ4n) is 3.49. The molecule has 0 spiro atoms. The molecule has 5 nitrogen and oxygen atoms in total. The lowest BCUT2D eigenvalue weighted by Crippen LogP contribution is -2.15. The molecule has 1 atom stereocenters. The molecule has 4 rings (SSSR count). The Hall–Kier alpha value is -3.17. The van der Waals surface area contributed by atoms with Gasteiger partial charge in [0, 0.05) is 0 Å². The Morgan fingerprint density at radius 2 is 1.53 bits per heavy atom. The topological polar surface area (TPSA) is 72.2 Å². The molecule has 0 aliphatic carbocycles.